The maximum Gasteiger partial charge on any atom is 0.354 e. The number of hydrogen-bond donors (Lipinski definition) is 1. The first-order chi connectivity index (χ1) is 8.65. The zero-order valence-corrected chi connectivity index (χ0v) is 9.96. The standard InChI is InChI=1S/C12H13N3O3/c1-2-18-11-8(6-15-7-9(15)5-13)3-4-10(14-11)12(16)17/h3-4,9H,2,6-7H2,1H3,(H,16,17). The summed E-state index contributed by atoms with van der Waals surface area (Å²) in [5.74, 6) is -0.745. The highest BCUT2D eigenvalue weighted by atomic mass is 16.5. The van der Waals surface area contributed by atoms with Crippen LogP contribution in [0.25, 0.3) is 0 Å². The summed E-state index contributed by atoms with van der Waals surface area (Å²) in [7, 11) is 0. The highest BCUT2D eigenvalue weighted by Crippen LogP contribution is 2.25. The van der Waals surface area contributed by atoms with Gasteiger partial charge in [-0.05, 0) is 19.1 Å². The smallest absolute Gasteiger partial charge is 0.354 e. The van der Waals surface area contributed by atoms with Gasteiger partial charge in [-0.25, -0.2) is 9.78 Å². The van der Waals surface area contributed by atoms with Crippen molar-refractivity contribution in [3.8, 4) is 11.9 Å². The van der Waals surface area contributed by atoms with Gasteiger partial charge in [0.2, 0.25) is 5.88 Å². The molecule has 1 aromatic rings. The third-order valence-corrected chi connectivity index (χ3v) is 2.68. The van der Waals surface area contributed by atoms with E-state index in [1.54, 1.807) is 6.07 Å². The highest BCUT2D eigenvalue weighted by Gasteiger charge is 2.34. The van der Waals surface area contributed by atoms with Gasteiger partial charge in [0.25, 0.3) is 0 Å². The average molecular weight is 247 g/mol. The second-order valence-corrected chi connectivity index (χ2v) is 3.97. The van der Waals surface area contributed by atoms with Crippen molar-refractivity contribution in [2.24, 2.45) is 0 Å². The van der Waals surface area contributed by atoms with Gasteiger partial charge >= 0.3 is 5.97 Å². The minimum atomic E-state index is -1.08. The minimum Gasteiger partial charge on any atom is -0.478 e. The first-order valence-corrected chi connectivity index (χ1v) is 5.65. The lowest BCUT2D eigenvalue weighted by molar-refractivity contribution is 0.0689. The molecule has 0 radical (unpaired) electrons. The van der Waals surface area contributed by atoms with Gasteiger partial charge in [-0.1, -0.05) is 0 Å². The average Bonchev–Trinajstić information content (AvgIpc) is 3.10. The number of pyridine rings is 1. The summed E-state index contributed by atoms with van der Waals surface area (Å²) >= 11 is 0. The first kappa shape index (κ1) is 12.3. The molecule has 1 N–H and O–H groups in total. The predicted molar refractivity (Wildman–Crippen MR) is 62.2 cm³/mol. The molecule has 2 heterocycles. The Kier molecular flexibility index (Phi) is 3.44. The number of nitriles is 1. The van der Waals surface area contributed by atoms with E-state index >= 15 is 0 Å². The zero-order valence-electron chi connectivity index (χ0n) is 9.96. The summed E-state index contributed by atoms with van der Waals surface area (Å²) < 4.78 is 5.34. The lowest BCUT2D eigenvalue weighted by Gasteiger charge is -2.10. The van der Waals surface area contributed by atoms with E-state index < -0.39 is 5.97 Å². The lowest BCUT2D eigenvalue weighted by Crippen LogP contribution is -2.09. The molecular formula is C12H13N3O3. The van der Waals surface area contributed by atoms with Crippen molar-refractivity contribution in [1.29, 1.82) is 5.26 Å². The molecule has 94 valence electrons. The molecule has 1 aliphatic rings. The van der Waals surface area contributed by atoms with Crippen molar-refractivity contribution in [2.45, 2.75) is 19.5 Å². The summed E-state index contributed by atoms with van der Waals surface area (Å²) in [6.45, 7) is 3.53. The molecule has 18 heavy (non-hydrogen) atoms. The van der Waals surface area contributed by atoms with Crippen molar-refractivity contribution in [2.75, 3.05) is 13.2 Å². The fourth-order valence-corrected chi connectivity index (χ4v) is 1.66. The Morgan fingerprint density at radius 1 is 1.72 bits per heavy atom. The van der Waals surface area contributed by atoms with E-state index in [1.807, 2.05) is 11.8 Å². The minimum absolute atomic E-state index is 0.0372. The second-order valence-electron chi connectivity index (χ2n) is 3.97. The highest BCUT2D eigenvalue weighted by molar-refractivity contribution is 5.85. The molecule has 1 aromatic heterocycles. The number of ether oxygens (including phenoxy) is 1. The van der Waals surface area contributed by atoms with Crippen LogP contribution in [0.5, 0.6) is 5.88 Å². The van der Waals surface area contributed by atoms with Crippen molar-refractivity contribution in [3.63, 3.8) is 0 Å². The second kappa shape index (κ2) is 5.02. The number of aromatic nitrogens is 1. The summed E-state index contributed by atoms with van der Waals surface area (Å²) in [5, 5.41) is 17.6. The molecule has 6 heteroatoms. The normalized spacial score (nSPS) is 21.1. The Balaban J connectivity index is 2.18. The molecule has 1 fully saturated rings. The van der Waals surface area contributed by atoms with Gasteiger partial charge < -0.3 is 9.84 Å². The van der Waals surface area contributed by atoms with Gasteiger partial charge in [0.15, 0.2) is 5.69 Å². The van der Waals surface area contributed by atoms with Crippen LogP contribution in [-0.4, -0.2) is 40.2 Å². The third-order valence-electron chi connectivity index (χ3n) is 2.68. The van der Waals surface area contributed by atoms with Crippen LogP contribution in [0.2, 0.25) is 0 Å². The predicted octanol–water partition coefficient (Wildman–Crippen LogP) is 0.886. The summed E-state index contributed by atoms with van der Waals surface area (Å²) in [4.78, 5) is 16.8. The Morgan fingerprint density at radius 3 is 3.06 bits per heavy atom. The number of aromatic carboxylic acids is 1. The largest absolute Gasteiger partial charge is 0.478 e. The van der Waals surface area contributed by atoms with Crippen LogP contribution in [0.3, 0.4) is 0 Å². The van der Waals surface area contributed by atoms with Crippen molar-refractivity contribution < 1.29 is 14.6 Å². The Morgan fingerprint density at radius 2 is 2.50 bits per heavy atom. The van der Waals surface area contributed by atoms with Gasteiger partial charge in [-0.3, -0.25) is 4.90 Å². The quantitative estimate of drug-likeness (QED) is 0.777. The van der Waals surface area contributed by atoms with Crippen molar-refractivity contribution >= 4 is 5.97 Å². The van der Waals surface area contributed by atoms with Crippen LogP contribution in [0, 0.1) is 11.3 Å². The summed E-state index contributed by atoms with van der Waals surface area (Å²) in [5.41, 5.74) is 0.768. The van der Waals surface area contributed by atoms with E-state index in [0.29, 0.717) is 19.0 Å². The summed E-state index contributed by atoms with van der Waals surface area (Å²) in [6, 6.07) is 5.26. The van der Waals surface area contributed by atoms with Crippen LogP contribution in [0.1, 0.15) is 23.0 Å². The van der Waals surface area contributed by atoms with Crippen LogP contribution in [0.15, 0.2) is 12.1 Å². The monoisotopic (exact) mass is 247 g/mol. The molecule has 2 atom stereocenters. The zero-order chi connectivity index (χ0) is 13.1. The van der Waals surface area contributed by atoms with Crippen LogP contribution >= 0.6 is 0 Å². The van der Waals surface area contributed by atoms with Crippen LogP contribution < -0.4 is 4.74 Å². The number of carboxylic acid groups (broad SMARTS) is 1. The topological polar surface area (TPSA) is 86.2 Å². The van der Waals surface area contributed by atoms with Gasteiger partial charge in [-0.2, -0.15) is 5.26 Å². The fourth-order valence-electron chi connectivity index (χ4n) is 1.66. The van der Waals surface area contributed by atoms with Crippen LogP contribution in [-0.2, 0) is 6.54 Å². The van der Waals surface area contributed by atoms with Crippen molar-refractivity contribution in [3.05, 3.63) is 23.4 Å². The maximum absolute atomic E-state index is 10.8. The maximum atomic E-state index is 10.8. The fraction of sp³-hybridized carbons (Fsp3) is 0.417. The molecule has 1 saturated heterocycles. The van der Waals surface area contributed by atoms with Gasteiger partial charge in [0, 0.05) is 18.7 Å². The number of hydrogen-bond acceptors (Lipinski definition) is 5. The van der Waals surface area contributed by atoms with E-state index in [9.17, 15) is 4.79 Å². The molecular weight excluding hydrogens is 234 g/mol. The molecule has 2 unspecified atom stereocenters. The molecule has 0 aromatic carbocycles. The molecule has 6 nitrogen and oxygen atoms in total. The first-order valence-electron chi connectivity index (χ1n) is 5.65. The van der Waals surface area contributed by atoms with E-state index in [0.717, 1.165) is 12.1 Å². The molecule has 0 spiro atoms. The SMILES string of the molecule is CCOc1nc(C(=O)O)ccc1CN1CC1C#N. The van der Waals surface area contributed by atoms with Crippen molar-refractivity contribution in [1.82, 2.24) is 9.88 Å². The number of carbonyl (C=O) groups is 1. The van der Waals surface area contributed by atoms with E-state index in [1.165, 1.54) is 6.07 Å². The lowest BCUT2D eigenvalue weighted by atomic mass is 10.2. The van der Waals surface area contributed by atoms with Gasteiger partial charge in [0.1, 0.15) is 6.04 Å². The third kappa shape index (κ3) is 2.57. The number of carboxylic acids is 1. The Labute approximate surface area is 104 Å². The van der Waals surface area contributed by atoms with E-state index in [4.69, 9.17) is 15.1 Å². The summed E-state index contributed by atoms with van der Waals surface area (Å²) in [6.07, 6.45) is 0. The number of rotatable bonds is 5. The molecule has 0 amide bonds. The Hall–Kier alpha value is -2.13. The van der Waals surface area contributed by atoms with E-state index in [-0.39, 0.29) is 11.7 Å². The number of nitrogens with zero attached hydrogens (tertiary/aromatic N) is 3. The van der Waals surface area contributed by atoms with E-state index in [2.05, 4.69) is 11.1 Å². The molecule has 0 bridgehead atoms. The van der Waals surface area contributed by atoms with Gasteiger partial charge in [-0.15, -0.1) is 0 Å². The Bertz CT molecular complexity index is 510. The molecule has 2 rings (SSSR count). The molecule has 0 saturated carbocycles. The van der Waals surface area contributed by atoms with Gasteiger partial charge in [0.05, 0.1) is 12.7 Å². The van der Waals surface area contributed by atoms with Crippen LogP contribution in [0.4, 0.5) is 0 Å². The molecule has 1 aliphatic heterocycles. The molecule has 0 aliphatic carbocycles.